The molecule has 1 N–H and O–H groups in total. The maximum Gasteiger partial charge on any atom is 0.269 e. The van der Waals surface area contributed by atoms with Crippen LogP contribution in [0, 0.1) is 10.1 Å². The average molecular weight is 286 g/mol. The highest BCUT2D eigenvalue weighted by Crippen LogP contribution is 2.21. The number of hydrogen-bond acceptors (Lipinski definition) is 5. The SMILES string of the molecule is C/C(=N\O)c1ccccc1OCc1cccc([N+](=O)[O-])c1. The van der Waals surface area contributed by atoms with Gasteiger partial charge in [-0.2, -0.15) is 0 Å². The van der Waals surface area contributed by atoms with E-state index in [0.29, 0.717) is 22.6 Å². The quantitative estimate of drug-likeness (QED) is 0.395. The Kier molecular flexibility index (Phi) is 4.50. The van der Waals surface area contributed by atoms with Crippen molar-refractivity contribution in [2.75, 3.05) is 0 Å². The van der Waals surface area contributed by atoms with Gasteiger partial charge in [0.15, 0.2) is 0 Å². The van der Waals surface area contributed by atoms with Crippen molar-refractivity contribution < 1.29 is 14.9 Å². The molecule has 2 rings (SSSR count). The molecule has 0 saturated heterocycles. The van der Waals surface area contributed by atoms with Gasteiger partial charge in [-0.05, 0) is 24.6 Å². The average Bonchev–Trinajstić information content (AvgIpc) is 2.52. The smallest absolute Gasteiger partial charge is 0.269 e. The van der Waals surface area contributed by atoms with Gasteiger partial charge < -0.3 is 9.94 Å². The van der Waals surface area contributed by atoms with Crippen LogP contribution in [0.4, 0.5) is 5.69 Å². The van der Waals surface area contributed by atoms with Crippen molar-refractivity contribution in [3.8, 4) is 5.75 Å². The lowest BCUT2D eigenvalue weighted by molar-refractivity contribution is -0.384. The van der Waals surface area contributed by atoms with Gasteiger partial charge >= 0.3 is 0 Å². The summed E-state index contributed by atoms with van der Waals surface area (Å²) in [7, 11) is 0. The van der Waals surface area contributed by atoms with Crippen LogP contribution in [-0.4, -0.2) is 15.8 Å². The van der Waals surface area contributed by atoms with E-state index < -0.39 is 4.92 Å². The van der Waals surface area contributed by atoms with Crippen LogP contribution in [0.5, 0.6) is 5.75 Å². The Morgan fingerprint density at radius 1 is 1.29 bits per heavy atom. The minimum Gasteiger partial charge on any atom is -0.488 e. The van der Waals surface area contributed by atoms with Gasteiger partial charge in [0, 0.05) is 17.7 Å². The van der Waals surface area contributed by atoms with Gasteiger partial charge in [-0.3, -0.25) is 10.1 Å². The van der Waals surface area contributed by atoms with Crippen molar-refractivity contribution in [3.63, 3.8) is 0 Å². The number of para-hydroxylation sites is 1. The number of nitro benzene ring substituents is 1. The van der Waals surface area contributed by atoms with Crippen molar-refractivity contribution in [1.29, 1.82) is 0 Å². The first-order valence-corrected chi connectivity index (χ1v) is 6.26. The molecule has 0 spiro atoms. The summed E-state index contributed by atoms with van der Waals surface area (Å²) in [5, 5.41) is 22.7. The van der Waals surface area contributed by atoms with E-state index in [1.165, 1.54) is 12.1 Å². The Balaban J connectivity index is 2.17. The number of ether oxygens (including phenoxy) is 1. The summed E-state index contributed by atoms with van der Waals surface area (Å²) in [6.07, 6.45) is 0. The Morgan fingerprint density at radius 2 is 2.05 bits per heavy atom. The van der Waals surface area contributed by atoms with Crippen LogP contribution < -0.4 is 4.74 Å². The standard InChI is InChI=1S/C15H14N2O4/c1-11(16-18)14-7-2-3-8-15(14)21-10-12-5-4-6-13(9-12)17(19)20/h2-9,18H,10H2,1H3/b16-11+. The van der Waals surface area contributed by atoms with Gasteiger partial charge in [-0.15, -0.1) is 0 Å². The van der Waals surface area contributed by atoms with Gasteiger partial charge in [0.2, 0.25) is 0 Å². The summed E-state index contributed by atoms with van der Waals surface area (Å²) in [6, 6.07) is 13.4. The zero-order valence-corrected chi connectivity index (χ0v) is 11.4. The van der Waals surface area contributed by atoms with Gasteiger partial charge in [-0.1, -0.05) is 29.4 Å². The highest BCUT2D eigenvalue weighted by atomic mass is 16.6. The zero-order valence-electron chi connectivity index (χ0n) is 11.4. The largest absolute Gasteiger partial charge is 0.488 e. The second kappa shape index (κ2) is 6.51. The molecule has 2 aromatic rings. The molecule has 0 amide bonds. The van der Waals surface area contributed by atoms with Crippen LogP contribution in [0.1, 0.15) is 18.1 Å². The number of oxime groups is 1. The molecular weight excluding hydrogens is 272 g/mol. The van der Waals surface area contributed by atoms with Crippen LogP contribution in [0.15, 0.2) is 53.7 Å². The lowest BCUT2D eigenvalue weighted by atomic mass is 10.1. The molecule has 2 aromatic carbocycles. The number of nitrogens with zero attached hydrogens (tertiary/aromatic N) is 2. The maximum absolute atomic E-state index is 10.7. The first-order valence-electron chi connectivity index (χ1n) is 6.26. The fourth-order valence-corrected chi connectivity index (χ4v) is 1.87. The zero-order chi connectivity index (χ0) is 15.2. The predicted octanol–water partition coefficient (Wildman–Crippen LogP) is 3.37. The monoisotopic (exact) mass is 286 g/mol. The van der Waals surface area contributed by atoms with Crippen LogP contribution in [0.3, 0.4) is 0 Å². The van der Waals surface area contributed by atoms with E-state index in [4.69, 9.17) is 9.94 Å². The number of non-ortho nitro benzene ring substituents is 1. The summed E-state index contributed by atoms with van der Waals surface area (Å²) in [5.41, 5.74) is 1.82. The predicted molar refractivity (Wildman–Crippen MR) is 77.9 cm³/mol. The molecule has 6 nitrogen and oxygen atoms in total. The van der Waals surface area contributed by atoms with E-state index >= 15 is 0 Å². The van der Waals surface area contributed by atoms with Crippen LogP contribution in [-0.2, 0) is 6.61 Å². The summed E-state index contributed by atoms with van der Waals surface area (Å²) in [4.78, 5) is 10.3. The van der Waals surface area contributed by atoms with Crippen molar-refractivity contribution in [1.82, 2.24) is 0 Å². The first kappa shape index (κ1) is 14.5. The Morgan fingerprint density at radius 3 is 2.76 bits per heavy atom. The lowest BCUT2D eigenvalue weighted by Gasteiger charge is -2.10. The van der Waals surface area contributed by atoms with Gasteiger partial charge in [0.1, 0.15) is 12.4 Å². The molecule has 0 aliphatic heterocycles. The van der Waals surface area contributed by atoms with Gasteiger partial charge in [0.25, 0.3) is 5.69 Å². The fraction of sp³-hybridized carbons (Fsp3) is 0.133. The van der Waals surface area contributed by atoms with E-state index in [9.17, 15) is 10.1 Å². The van der Waals surface area contributed by atoms with Crippen LogP contribution >= 0.6 is 0 Å². The van der Waals surface area contributed by atoms with Crippen molar-refractivity contribution in [2.45, 2.75) is 13.5 Å². The first-order chi connectivity index (χ1) is 10.1. The van der Waals surface area contributed by atoms with E-state index in [0.717, 1.165) is 0 Å². The molecular formula is C15H14N2O4. The topological polar surface area (TPSA) is 85.0 Å². The molecule has 0 aliphatic carbocycles. The second-order valence-electron chi connectivity index (χ2n) is 4.40. The normalized spacial score (nSPS) is 11.2. The number of hydrogen-bond donors (Lipinski definition) is 1. The summed E-state index contributed by atoms with van der Waals surface area (Å²) in [6.45, 7) is 1.85. The lowest BCUT2D eigenvalue weighted by Crippen LogP contribution is -2.02. The third kappa shape index (κ3) is 3.56. The number of rotatable bonds is 5. The third-order valence-electron chi connectivity index (χ3n) is 2.94. The summed E-state index contributed by atoms with van der Waals surface area (Å²) < 4.78 is 5.67. The highest BCUT2D eigenvalue weighted by Gasteiger charge is 2.09. The molecule has 108 valence electrons. The van der Waals surface area contributed by atoms with E-state index in [1.807, 2.05) is 6.07 Å². The second-order valence-corrected chi connectivity index (χ2v) is 4.40. The highest BCUT2D eigenvalue weighted by molar-refractivity contribution is 6.00. The van der Waals surface area contributed by atoms with E-state index in [-0.39, 0.29) is 12.3 Å². The molecule has 0 unspecified atom stereocenters. The number of benzene rings is 2. The molecule has 0 atom stereocenters. The molecule has 21 heavy (non-hydrogen) atoms. The molecule has 0 bridgehead atoms. The number of nitro groups is 1. The molecule has 0 aliphatic rings. The van der Waals surface area contributed by atoms with Crippen molar-refractivity contribution >= 4 is 11.4 Å². The molecule has 0 saturated carbocycles. The fourth-order valence-electron chi connectivity index (χ4n) is 1.87. The molecule has 0 heterocycles. The minimum atomic E-state index is -0.444. The maximum atomic E-state index is 10.7. The van der Waals surface area contributed by atoms with Crippen LogP contribution in [0.25, 0.3) is 0 Å². The van der Waals surface area contributed by atoms with Crippen LogP contribution in [0.2, 0.25) is 0 Å². The third-order valence-corrected chi connectivity index (χ3v) is 2.94. The molecule has 0 aromatic heterocycles. The molecule has 6 heteroatoms. The Labute approximate surface area is 121 Å². The summed E-state index contributed by atoms with van der Waals surface area (Å²) in [5.74, 6) is 0.555. The van der Waals surface area contributed by atoms with E-state index in [2.05, 4.69) is 5.16 Å². The van der Waals surface area contributed by atoms with E-state index in [1.54, 1.807) is 37.3 Å². The van der Waals surface area contributed by atoms with Crippen molar-refractivity contribution in [2.24, 2.45) is 5.16 Å². The van der Waals surface area contributed by atoms with Gasteiger partial charge in [0.05, 0.1) is 10.6 Å². The summed E-state index contributed by atoms with van der Waals surface area (Å²) >= 11 is 0. The Bertz CT molecular complexity index is 683. The van der Waals surface area contributed by atoms with Crippen molar-refractivity contribution in [3.05, 3.63) is 69.8 Å². The Hall–Kier alpha value is -2.89. The van der Waals surface area contributed by atoms with Gasteiger partial charge in [-0.25, -0.2) is 0 Å². The molecule has 0 radical (unpaired) electrons. The molecule has 0 fully saturated rings. The minimum absolute atomic E-state index is 0.0255.